The summed E-state index contributed by atoms with van der Waals surface area (Å²) in [6.45, 7) is 8.06. The molecule has 14 nitrogen and oxygen atoms in total. The van der Waals surface area contributed by atoms with Gasteiger partial charge in [0.05, 0.1) is 17.1 Å². The Balaban J connectivity index is 1.86. The van der Waals surface area contributed by atoms with Crippen LogP contribution in [0.1, 0.15) is 81.9 Å². The number of benzene rings is 1. The van der Waals surface area contributed by atoms with Crippen LogP contribution in [0.25, 0.3) is 0 Å². The zero-order valence-electron chi connectivity index (χ0n) is 26.6. The first-order chi connectivity index (χ1) is 21.8. The third-order valence-electron chi connectivity index (χ3n) is 8.10. The van der Waals surface area contributed by atoms with Crippen molar-refractivity contribution in [3.63, 3.8) is 0 Å². The standard InChI is InChI=1S/C30H42N6O8S2/c1-5-6-11-36-29(37)24(16-31)20(4)28(30(36)38)35-34-25-14-23(19(2)3)26(45(39,40)32-17-21-9-7-12-43-21)15-27(25)46(41,42)33-18-22-10-8-13-44-22/h14-15,19,21-22,32-33,37H,5-13,17-18H2,1-4H3. The number of unbranched alkanes of at least 4 members (excludes halogenated alkanes) is 1. The van der Waals surface area contributed by atoms with Crippen molar-refractivity contribution in [1.29, 1.82) is 5.26 Å². The molecule has 3 N–H and O–H groups in total. The van der Waals surface area contributed by atoms with Crippen LogP contribution >= 0.6 is 0 Å². The summed E-state index contributed by atoms with van der Waals surface area (Å²) < 4.78 is 72.0. The van der Waals surface area contributed by atoms with Crippen molar-refractivity contribution >= 4 is 31.4 Å². The highest BCUT2D eigenvalue weighted by atomic mass is 32.2. The number of sulfonamides is 2. The predicted molar refractivity (Wildman–Crippen MR) is 170 cm³/mol. The molecular formula is C30H42N6O8S2. The van der Waals surface area contributed by atoms with Crippen LogP contribution in [-0.2, 0) is 36.1 Å². The van der Waals surface area contributed by atoms with Gasteiger partial charge in [0, 0.05) is 38.4 Å². The van der Waals surface area contributed by atoms with Gasteiger partial charge in [0.15, 0.2) is 5.69 Å². The summed E-state index contributed by atoms with van der Waals surface area (Å²) in [4.78, 5) is 12.7. The Hall–Kier alpha value is -3.20. The third-order valence-corrected chi connectivity index (χ3v) is 11.0. The van der Waals surface area contributed by atoms with Crippen LogP contribution in [0.3, 0.4) is 0 Å². The summed E-state index contributed by atoms with van der Waals surface area (Å²) in [5, 5.41) is 28.6. The normalized spacial score (nSPS) is 19.0. The van der Waals surface area contributed by atoms with Crippen LogP contribution in [0, 0.1) is 18.3 Å². The summed E-state index contributed by atoms with van der Waals surface area (Å²) >= 11 is 0. The van der Waals surface area contributed by atoms with E-state index < -0.39 is 36.4 Å². The molecule has 1 aromatic heterocycles. The largest absolute Gasteiger partial charge is 0.493 e. The Morgan fingerprint density at radius 1 is 1.02 bits per heavy atom. The number of aromatic nitrogens is 1. The maximum absolute atomic E-state index is 13.8. The van der Waals surface area contributed by atoms with Gasteiger partial charge in [-0.05, 0) is 62.6 Å². The number of nitrogens with one attached hydrogen (secondary N) is 2. The van der Waals surface area contributed by atoms with Crippen LogP contribution < -0.4 is 15.0 Å². The molecule has 2 aromatic rings. The lowest BCUT2D eigenvalue weighted by molar-refractivity contribution is 0.114. The molecule has 4 rings (SSSR count). The van der Waals surface area contributed by atoms with Gasteiger partial charge in [-0.1, -0.05) is 27.2 Å². The Morgan fingerprint density at radius 3 is 2.11 bits per heavy atom. The fourth-order valence-electron chi connectivity index (χ4n) is 5.40. The van der Waals surface area contributed by atoms with E-state index in [1.165, 1.54) is 13.0 Å². The van der Waals surface area contributed by atoms with Gasteiger partial charge < -0.3 is 14.6 Å². The molecule has 2 aliphatic rings. The van der Waals surface area contributed by atoms with Crippen LogP contribution in [0.4, 0.5) is 11.4 Å². The minimum Gasteiger partial charge on any atom is -0.493 e. The van der Waals surface area contributed by atoms with Gasteiger partial charge in [0.25, 0.3) is 5.56 Å². The number of aromatic hydroxyl groups is 1. The number of azo groups is 1. The van der Waals surface area contributed by atoms with Gasteiger partial charge in [-0.2, -0.15) is 5.26 Å². The Kier molecular flexibility index (Phi) is 11.7. The second-order valence-electron chi connectivity index (χ2n) is 11.8. The van der Waals surface area contributed by atoms with E-state index in [-0.39, 0.29) is 70.7 Å². The molecule has 252 valence electrons. The van der Waals surface area contributed by atoms with Crippen LogP contribution in [0.5, 0.6) is 5.88 Å². The van der Waals surface area contributed by atoms with Crippen LogP contribution in [0.15, 0.2) is 36.9 Å². The van der Waals surface area contributed by atoms with E-state index in [9.17, 15) is 32.0 Å². The summed E-state index contributed by atoms with van der Waals surface area (Å²) in [6.07, 6.45) is 3.63. The summed E-state index contributed by atoms with van der Waals surface area (Å²) in [5.74, 6) is -0.863. The van der Waals surface area contributed by atoms with Gasteiger partial charge >= 0.3 is 0 Å². The van der Waals surface area contributed by atoms with Gasteiger partial charge in [-0.3, -0.25) is 9.36 Å². The van der Waals surface area contributed by atoms with Crippen molar-refractivity contribution in [2.24, 2.45) is 10.2 Å². The number of hydrogen-bond donors (Lipinski definition) is 3. The molecule has 0 aliphatic carbocycles. The minimum absolute atomic E-state index is 0.0328. The Bertz CT molecular complexity index is 1770. The summed E-state index contributed by atoms with van der Waals surface area (Å²) in [5.41, 5.74) is -0.947. The average Bonchev–Trinajstić information content (AvgIpc) is 3.74. The van der Waals surface area contributed by atoms with Crippen molar-refractivity contribution in [3.8, 4) is 11.9 Å². The second-order valence-corrected chi connectivity index (χ2v) is 15.3. The maximum Gasteiger partial charge on any atom is 0.281 e. The average molecular weight is 679 g/mol. The third kappa shape index (κ3) is 8.01. The van der Waals surface area contributed by atoms with Gasteiger partial charge in [0.1, 0.15) is 22.2 Å². The molecule has 0 amide bonds. The monoisotopic (exact) mass is 678 g/mol. The van der Waals surface area contributed by atoms with Crippen LogP contribution in [0.2, 0.25) is 0 Å². The fourth-order valence-corrected chi connectivity index (χ4v) is 8.12. The van der Waals surface area contributed by atoms with Gasteiger partial charge in [-0.25, -0.2) is 26.3 Å². The van der Waals surface area contributed by atoms with Crippen molar-refractivity contribution < 1.29 is 31.4 Å². The molecule has 3 heterocycles. The van der Waals surface area contributed by atoms with Crippen molar-refractivity contribution in [3.05, 3.63) is 39.2 Å². The van der Waals surface area contributed by atoms with E-state index in [0.29, 0.717) is 38.9 Å². The predicted octanol–water partition coefficient (Wildman–Crippen LogP) is 3.99. The number of nitrogens with zero attached hydrogens (tertiary/aromatic N) is 4. The van der Waals surface area contributed by atoms with Crippen molar-refractivity contribution in [1.82, 2.24) is 14.0 Å². The highest BCUT2D eigenvalue weighted by Crippen LogP contribution is 2.36. The van der Waals surface area contributed by atoms with E-state index in [2.05, 4.69) is 19.7 Å². The number of hydrogen-bond acceptors (Lipinski definition) is 11. The molecule has 2 unspecified atom stereocenters. The molecular weight excluding hydrogens is 636 g/mol. The number of rotatable bonds is 14. The van der Waals surface area contributed by atoms with Crippen molar-refractivity contribution in [2.45, 2.75) is 101 Å². The lowest BCUT2D eigenvalue weighted by Crippen LogP contribution is -2.33. The first-order valence-electron chi connectivity index (χ1n) is 15.5. The van der Waals surface area contributed by atoms with E-state index >= 15 is 0 Å². The fraction of sp³-hybridized carbons (Fsp3) is 0.600. The molecule has 2 fully saturated rings. The highest BCUT2D eigenvalue weighted by molar-refractivity contribution is 7.90. The SMILES string of the molecule is CCCCn1c(O)c(C#N)c(C)c(N=Nc2cc(C(C)C)c(S(=O)(=O)NCC3CCCO3)cc2S(=O)(=O)NCC2CCCO2)c1=O. The summed E-state index contributed by atoms with van der Waals surface area (Å²) in [7, 11) is -8.57. The second kappa shape index (κ2) is 15.1. The first-order valence-corrected chi connectivity index (χ1v) is 18.5. The zero-order chi connectivity index (χ0) is 33.6. The van der Waals surface area contributed by atoms with Gasteiger partial charge in [0.2, 0.25) is 25.9 Å². The lowest BCUT2D eigenvalue weighted by atomic mass is 10.0. The Morgan fingerprint density at radius 2 is 1.61 bits per heavy atom. The molecule has 16 heteroatoms. The van der Waals surface area contributed by atoms with E-state index in [1.807, 2.05) is 13.0 Å². The highest BCUT2D eigenvalue weighted by Gasteiger charge is 2.30. The molecule has 46 heavy (non-hydrogen) atoms. The van der Waals surface area contributed by atoms with E-state index in [0.717, 1.165) is 23.5 Å². The zero-order valence-corrected chi connectivity index (χ0v) is 28.2. The number of nitriles is 1. The molecule has 0 spiro atoms. The Labute approximate surface area is 269 Å². The lowest BCUT2D eigenvalue weighted by Gasteiger charge is -2.19. The van der Waals surface area contributed by atoms with E-state index in [4.69, 9.17) is 9.47 Å². The topological polar surface area (TPSA) is 202 Å². The molecule has 2 saturated heterocycles. The molecule has 1 aromatic carbocycles. The first kappa shape index (κ1) is 35.7. The molecule has 0 bridgehead atoms. The summed E-state index contributed by atoms with van der Waals surface area (Å²) in [6, 6.07) is 4.29. The number of pyridine rings is 1. The molecule has 0 radical (unpaired) electrons. The maximum atomic E-state index is 13.8. The van der Waals surface area contributed by atoms with Crippen LogP contribution in [-0.4, -0.2) is 65.0 Å². The van der Waals surface area contributed by atoms with Gasteiger partial charge in [-0.15, -0.1) is 10.2 Å². The number of ether oxygens (including phenoxy) is 2. The molecule has 2 aliphatic heterocycles. The smallest absolute Gasteiger partial charge is 0.281 e. The molecule has 0 saturated carbocycles. The van der Waals surface area contributed by atoms with Crippen molar-refractivity contribution in [2.75, 3.05) is 26.3 Å². The van der Waals surface area contributed by atoms with E-state index in [1.54, 1.807) is 13.8 Å². The minimum atomic E-state index is -4.37. The quantitative estimate of drug-likeness (QED) is 0.247. The molecule has 2 atom stereocenters.